The van der Waals surface area contributed by atoms with E-state index in [0.29, 0.717) is 22.3 Å². The molecule has 0 saturated carbocycles. The van der Waals surface area contributed by atoms with Crippen LogP contribution in [0.3, 0.4) is 0 Å². The Morgan fingerprint density at radius 1 is 0.818 bits per heavy atom. The minimum atomic E-state index is -4.44. The van der Waals surface area contributed by atoms with Crippen LogP contribution in [0.2, 0.25) is 0 Å². The highest BCUT2D eigenvalue weighted by atomic mass is 32.1. The summed E-state index contributed by atoms with van der Waals surface area (Å²) in [7, 11) is 1.61. The van der Waals surface area contributed by atoms with Crippen molar-refractivity contribution in [3.63, 3.8) is 0 Å². The SMILES string of the molecule is COc1ccc(Oc2ccc(N3C(=S)N[C@H](c4ccccn4)[C@H]3c3cc(C)n(-c4cccc(C(F)(F)F)c4)c3C)cc2)cc1. The summed E-state index contributed by atoms with van der Waals surface area (Å²) < 4.78 is 53.8. The molecule has 0 aliphatic carbocycles. The van der Waals surface area contributed by atoms with E-state index >= 15 is 0 Å². The maximum absolute atomic E-state index is 13.6. The van der Waals surface area contributed by atoms with Crippen LogP contribution >= 0.6 is 12.2 Å². The Morgan fingerprint density at radius 2 is 1.50 bits per heavy atom. The van der Waals surface area contributed by atoms with E-state index in [-0.39, 0.29) is 12.1 Å². The maximum Gasteiger partial charge on any atom is 0.416 e. The fourth-order valence-corrected chi connectivity index (χ4v) is 6.06. The molecule has 10 heteroatoms. The van der Waals surface area contributed by atoms with Gasteiger partial charge in [0, 0.05) is 29.0 Å². The van der Waals surface area contributed by atoms with Gasteiger partial charge in [-0.05, 0) is 117 Å². The van der Waals surface area contributed by atoms with E-state index in [2.05, 4.69) is 10.3 Å². The number of ether oxygens (including phenoxy) is 2. The standard InChI is InChI=1S/C34H29F3N4O2S/c1-21-19-29(22(2)40(21)25-8-6-7-23(20-25)34(35,36)37)32-31(30-9-4-5-18-38-30)39-33(44)41(32)24-10-12-27(13-11-24)43-28-16-14-26(42-3)15-17-28/h4-20,31-32H,1-3H3,(H,39,44)/t31-,32-/m1/s1. The van der Waals surface area contributed by atoms with E-state index in [0.717, 1.165) is 40.1 Å². The summed E-state index contributed by atoms with van der Waals surface area (Å²) in [6.45, 7) is 3.81. The van der Waals surface area contributed by atoms with Gasteiger partial charge in [-0.25, -0.2) is 0 Å². The second-order valence-corrected chi connectivity index (χ2v) is 10.9. The quantitative estimate of drug-likeness (QED) is 0.186. The van der Waals surface area contributed by atoms with Crippen molar-refractivity contribution in [2.75, 3.05) is 12.0 Å². The third-order valence-electron chi connectivity index (χ3n) is 7.73. The predicted molar refractivity (Wildman–Crippen MR) is 168 cm³/mol. The lowest BCUT2D eigenvalue weighted by molar-refractivity contribution is -0.137. The first-order valence-electron chi connectivity index (χ1n) is 13.9. The number of rotatable bonds is 7. The summed E-state index contributed by atoms with van der Waals surface area (Å²) in [6.07, 6.45) is -2.71. The van der Waals surface area contributed by atoms with Crippen molar-refractivity contribution >= 4 is 23.0 Å². The molecule has 1 fully saturated rings. The Morgan fingerprint density at radius 3 is 2.14 bits per heavy atom. The fourth-order valence-electron chi connectivity index (χ4n) is 5.71. The monoisotopic (exact) mass is 614 g/mol. The number of pyridine rings is 1. The van der Waals surface area contributed by atoms with Crippen molar-refractivity contribution in [2.45, 2.75) is 32.1 Å². The summed E-state index contributed by atoms with van der Waals surface area (Å²) in [4.78, 5) is 6.65. The molecular weight excluding hydrogens is 585 g/mol. The van der Waals surface area contributed by atoms with Crippen LogP contribution in [0, 0.1) is 13.8 Å². The third kappa shape index (κ3) is 5.60. The second-order valence-electron chi connectivity index (χ2n) is 10.5. The normalized spacial score (nSPS) is 16.6. The molecule has 0 unspecified atom stereocenters. The number of anilines is 1. The molecule has 0 spiro atoms. The van der Waals surface area contributed by atoms with E-state index in [1.54, 1.807) is 19.4 Å². The lowest BCUT2D eigenvalue weighted by Crippen LogP contribution is -2.29. The van der Waals surface area contributed by atoms with E-state index in [1.165, 1.54) is 12.1 Å². The van der Waals surface area contributed by atoms with Crippen LogP contribution < -0.4 is 19.7 Å². The van der Waals surface area contributed by atoms with E-state index < -0.39 is 11.7 Å². The van der Waals surface area contributed by atoms with Gasteiger partial charge in [-0.2, -0.15) is 13.2 Å². The topological polar surface area (TPSA) is 51.6 Å². The van der Waals surface area contributed by atoms with Gasteiger partial charge in [0.25, 0.3) is 0 Å². The first-order chi connectivity index (χ1) is 21.1. The largest absolute Gasteiger partial charge is 0.497 e. The highest BCUT2D eigenvalue weighted by molar-refractivity contribution is 7.80. The first-order valence-corrected chi connectivity index (χ1v) is 14.3. The molecule has 1 aliphatic rings. The second kappa shape index (κ2) is 11.7. The van der Waals surface area contributed by atoms with Gasteiger partial charge in [0.05, 0.1) is 30.5 Å². The molecule has 0 bridgehead atoms. The summed E-state index contributed by atoms with van der Waals surface area (Å²) in [5.74, 6) is 2.06. The van der Waals surface area contributed by atoms with Gasteiger partial charge in [-0.15, -0.1) is 0 Å². The number of hydrogen-bond acceptors (Lipinski definition) is 4. The highest BCUT2D eigenvalue weighted by Gasteiger charge is 2.42. The zero-order valence-electron chi connectivity index (χ0n) is 24.2. The molecule has 0 amide bonds. The van der Waals surface area contributed by atoms with Crippen molar-refractivity contribution in [1.29, 1.82) is 0 Å². The number of methoxy groups -OCH3 is 1. The van der Waals surface area contributed by atoms with Gasteiger partial charge in [-0.3, -0.25) is 4.98 Å². The van der Waals surface area contributed by atoms with Crippen molar-refractivity contribution in [2.24, 2.45) is 0 Å². The number of nitrogens with zero attached hydrogens (tertiary/aromatic N) is 3. The number of hydrogen-bond donors (Lipinski definition) is 1. The van der Waals surface area contributed by atoms with Crippen molar-refractivity contribution in [3.8, 4) is 22.9 Å². The van der Waals surface area contributed by atoms with Gasteiger partial charge in [0.1, 0.15) is 17.2 Å². The molecule has 1 saturated heterocycles. The number of nitrogens with one attached hydrogen (secondary N) is 1. The molecule has 44 heavy (non-hydrogen) atoms. The van der Waals surface area contributed by atoms with Gasteiger partial charge in [0.2, 0.25) is 0 Å². The van der Waals surface area contributed by atoms with E-state index in [1.807, 2.05) is 96.1 Å². The van der Waals surface area contributed by atoms with Crippen molar-refractivity contribution < 1.29 is 22.6 Å². The van der Waals surface area contributed by atoms with Crippen LogP contribution in [-0.2, 0) is 6.18 Å². The summed E-state index contributed by atoms with van der Waals surface area (Å²) in [6, 6.07) is 27.4. The lowest BCUT2D eigenvalue weighted by atomic mass is 9.96. The minimum absolute atomic E-state index is 0.311. The molecule has 6 nitrogen and oxygen atoms in total. The van der Waals surface area contributed by atoms with Crippen LogP contribution in [0.15, 0.2) is 103 Å². The zero-order valence-corrected chi connectivity index (χ0v) is 25.0. The molecule has 3 heterocycles. The molecule has 6 rings (SSSR count). The predicted octanol–water partition coefficient (Wildman–Crippen LogP) is 8.49. The van der Waals surface area contributed by atoms with Crippen LogP contribution in [0.1, 0.15) is 40.3 Å². The molecule has 3 aromatic carbocycles. The van der Waals surface area contributed by atoms with Crippen LogP contribution in [0.25, 0.3) is 5.69 Å². The molecule has 1 N–H and O–H groups in total. The van der Waals surface area contributed by atoms with Gasteiger partial charge in [-0.1, -0.05) is 12.1 Å². The highest BCUT2D eigenvalue weighted by Crippen LogP contribution is 2.44. The number of halogens is 3. The van der Waals surface area contributed by atoms with Gasteiger partial charge in [0.15, 0.2) is 5.11 Å². The van der Waals surface area contributed by atoms with Gasteiger partial charge >= 0.3 is 6.18 Å². The number of aryl methyl sites for hydroxylation is 1. The molecular formula is C34H29F3N4O2S. The Labute approximate surface area is 258 Å². The van der Waals surface area contributed by atoms with Gasteiger partial charge < -0.3 is 24.3 Å². The Balaban J connectivity index is 1.39. The minimum Gasteiger partial charge on any atom is -0.497 e. The molecule has 2 aromatic heterocycles. The van der Waals surface area contributed by atoms with Crippen LogP contribution in [0.4, 0.5) is 18.9 Å². The number of alkyl halides is 3. The maximum atomic E-state index is 13.6. The lowest BCUT2D eigenvalue weighted by Gasteiger charge is -2.28. The fraction of sp³-hybridized carbons (Fsp3) is 0.176. The average Bonchev–Trinajstić information content (AvgIpc) is 3.52. The summed E-state index contributed by atoms with van der Waals surface area (Å²) in [5, 5.41) is 3.96. The Bertz CT molecular complexity index is 1790. The number of thiocarbonyl (C=S) groups is 1. The molecule has 5 aromatic rings. The number of benzene rings is 3. The third-order valence-corrected chi connectivity index (χ3v) is 8.04. The average molecular weight is 615 g/mol. The number of aromatic nitrogens is 2. The smallest absolute Gasteiger partial charge is 0.416 e. The molecule has 0 radical (unpaired) electrons. The van der Waals surface area contributed by atoms with Crippen LogP contribution in [0.5, 0.6) is 17.2 Å². The molecule has 2 atom stereocenters. The van der Waals surface area contributed by atoms with Crippen molar-refractivity contribution in [1.82, 2.24) is 14.9 Å². The Kier molecular flexibility index (Phi) is 7.77. The van der Waals surface area contributed by atoms with Crippen LogP contribution in [-0.4, -0.2) is 21.8 Å². The summed E-state index contributed by atoms with van der Waals surface area (Å²) >= 11 is 5.88. The molecule has 1 aliphatic heterocycles. The van der Waals surface area contributed by atoms with Crippen molar-refractivity contribution in [3.05, 3.63) is 131 Å². The summed E-state index contributed by atoms with van der Waals surface area (Å²) in [5.41, 5.74) is 3.90. The first kappa shape index (κ1) is 29.3. The zero-order chi connectivity index (χ0) is 31.0. The van der Waals surface area contributed by atoms with E-state index in [9.17, 15) is 13.2 Å². The van der Waals surface area contributed by atoms with E-state index in [4.69, 9.17) is 21.7 Å². The molecule has 224 valence electrons. The Hall–Kier alpha value is -4.83.